The molecule has 2 aliphatic rings. The number of fused-ring (bicyclic) bond motifs is 1. The second-order valence-corrected chi connectivity index (χ2v) is 4.90. The van der Waals surface area contributed by atoms with Gasteiger partial charge in [0.05, 0.1) is 11.3 Å². The molecule has 1 atom stereocenters. The molecular formula is C14H9F4NO2. The lowest BCUT2D eigenvalue weighted by Gasteiger charge is -2.35. The monoisotopic (exact) mass is 299 g/mol. The van der Waals surface area contributed by atoms with E-state index >= 15 is 0 Å². The van der Waals surface area contributed by atoms with Crippen LogP contribution in [0.3, 0.4) is 0 Å². The van der Waals surface area contributed by atoms with Gasteiger partial charge in [-0.1, -0.05) is 12.0 Å². The predicted octanol–water partition coefficient (Wildman–Crippen LogP) is 3.56. The molecule has 1 saturated carbocycles. The van der Waals surface area contributed by atoms with Crippen LogP contribution in [0.5, 0.6) is 0 Å². The van der Waals surface area contributed by atoms with Gasteiger partial charge in [0.1, 0.15) is 5.82 Å². The lowest BCUT2D eigenvalue weighted by atomic mass is 9.89. The third kappa shape index (κ3) is 2.20. The number of benzene rings is 1. The van der Waals surface area contributed by atoms with Gasteiger partial charge in [-0.15, -0.1) is 0 Å². The fourth-order valence-corrected chi connectivity index (χ4v) is 2.10. The number of hydrogen-bond acceptors (Lipinski definition) is 2. The summed E-state index contributed by atoms with van der Waals surface area (Å²) in [6, 6.07) is 3.26. The number of halogens is 4. The summed E-state index contributed by atoms with van der Waals surface area (Å²) in [5.41, 5.74) is -4.35. The highest BCUT2D eigenvalue weighted by molar-refractivity contribution is 5.89. The van der Waals surface area contributed by atoms with Crippen molar-refractivity contribution in [2.24, 2.45) is 5.92 Å². The first kappa shape index (κ1) is 13.7. The van der Waals surface area contributed by atoms with Crippen LogP contribution in [0.2, 0.25) is 0 Å². The van der Waals surface area contributed by atoms with E-state index in [4.69, 9.17) is 0 Å². The molecule has 1 aromatic rings. The summed E-state index contributed by atoms with van der Waals surface area (Å²) in [5.74, 6) is 3.10. The molecule has 1 heterocycles. The number of carbonyl (C=O) groups excluding carboxylic acids is 1. The van der Waals surface area contributed by atoms with Crippen LogP contribution in [-0.2, 0) is 10.3 Å². The van der Waals surface area contributed by atoms with Crippen LogP contribution in [0.4, 0.5) is 28.0 Å². The molecule has 0 spiro atoms. The van der Waals surface area contributed by atoms with Crippen molar-refractivity contribution >= 4 is 11.8 Å². The molecule has 1 amide bonds. The third-order valence-corrected chi connectivity index (χ3v) is 3.28. The predicted molar refractivity (Wildman–Crippen MR) is 64.7 cm³/mol. The van der Waals surface area contributed by atoms with Gasteiger partial charge in [0.15, 0.2) is 0 Å². The van der Waals surface area contributed by atoms with Crippen LogP contribution in [-0.4, -0.2) is 12.3 Å². The number of anilines is 1. The summed E-state index contributed by atoms with van der Waals surface area (Å²) in [5, 5.41) is 2.06. The Labute approximate surface area is 117 Å². The molecule has 1 fully saturated rings. The van der Waals surface area contributed by atoms with Crippen molar-refractivity contribution in [2.75, 3.05) is 5.32 Å². The van der Waals surface area contributed by atoms with Crippen molar-refractivity contribution < 1.29 is 27.1 Å². The van der Waals surface area contributed by atoms with Gasteiger partial charge in [0.25, 0.3) is 5.60 Å². The maximum absolute atomic E-state index is 14.0. The zero-order valence-electron chi connectivity index (χ0n) is 10.6. The highest BCUT2D eigenvalue weighted by atomic mass is 19.4. The average Bonchev–Trinajstić information content (AvgIpc) is 3.18. The summed E-state index contributed by atoms with van der Waals surface area (Å²) < 4.78 is 59.0. The van der Waals surface area contributed by atoms with Crippen molar-refractivity contribution in [2.45, 2.75) is 24.6 Å². The highest BCUT2D eigenvalue weighted by Gasteiger charge is 2.63. The number of ether oxygens (including phenoxy) is 1. The number of hydrogen-bond donors (Lipinski definition) is 1. The number of amides is 1. The molecule has 0 radical (unpaired) electrons. The van der Waals surface area contributed by atoms with Gasteiger partial charge in [-0.2, -0.15) is 13.2 Å². The summed E-state index contributed by atoms with van der Waals surface area (Å²) in [7, 11) is 0. The second-order valence-electron chi connectivity index (χ2n) is 4.90. The summed E-state index contributed by atoms with van der Waals surface area (Å²) in [6.45, 7) is 0. The zero-order chi connectivity index (χ0) is 15.3. The van der Waals surface area contributed by atoms with Crippen molar-refractivity contribution in [3.05, 3.63) is 29.6 Å². The summed E-state index contributed by atoms with van der Waals surface area (Å²) in [6.07, 6.45) is -4.98. The minimum Gasteiger partial charge on any atom is -0.415 e. The van der Waals surface area contributed by atoms with Crippen LogP contribution < -0.4 is 5.32 Å². The zero-order valence-corrected chi connectivity index (χ0v) is 10.6. The normalized spacial score (nSPS) is 24.3. The fraction of sp³-hybridized carbons (Fsp3) is 0.357. The van der Waals surface area contributed by atoms with E-state index < -0.39 is 29.3 Å². The second kappa shape index (κ2) is 4.38. The lowest BCUT2D eigenvalue weighted by molar-refractivity contribution is -0.240. The number of rotatable bonds is 0. The molecule has 1 aliphatic heterocycles. The Balaban J connectivity index is 2.25. The van der Waals surface area contributed by atoms with Gasteiger partial charge in [0, 0.05) is 5.92 Å². The van der Waals surface area contributed by atoms with Gasteiger partial charge in [-0.05, 0) is 30.9 Å². The number of alkyl halides is 3. The molecule has 21 heavy (non-hydrogen) atoms. The van der Waals surface area contributed by atoms with E-state index in [1.807, 2.05) is 5.92 Å². The number of nitrogens with one attached hydrogen (secondary N) is 1. The quantitative estimate of drug-likeness (QED) is 0.587. The van der Waals surface area contributed by atoms with Gasteiger partial charge in [-0.25, -0.2) is 9.18 Å². The summed E-state index contributed by atoms with van der Waals surface area (Å²) in [4.78, 5) is 11.4. The molecule has 110 valence electrons. The molecule has 0 bridgehead atoms. The number of cyclic esters (lactones) is 1. The maximum Gasteiger partial charge on any atom is 0.445 e. The van der Waals surface area contributed by atoms with Crippen LogP contribution >= 0.6 is 0 Å². The van der Waals surface area contributed by atoms with Gasteiger partial charge in [0.2, 0.25) is 0 Å². The Hall–Kier alpha value is -2.23. The van der Waals surface area contributed by atoms with Gasteiger partial charge >= 0.3 is 12.3 Å². The van der Waals surface area contributed by atoms with Gasteiger partial charge in [-0.3, -0.25) is 5.32 Å². The largest absolute Gasteiger partial charge is 0.445 e. The Bertz CT molecular complexity index is 670. The Morgan fingerprint density at radius 2 is 2.05 bits per heavy atom. The molecular weight excluding hydrogens is 290 g/mol. The summed E-state index contributed by atoms with van der Waals surface area (Å²) >= 11 is 0. The number of carbonyl (C=O) groups is 1. The first-order valence-electron chi connectivity index (χ1n) is 6.22. The van der Waals surface area contributed by atoms with Crippen LogP contribution in [0.1, 0.15) is 18.4 Å². The van der Waals surface area contributed by atoms with Crippen LogP contribution in [0.15, 0.2) is 18.2 Å². The molecule has 0 aromatic heterocycles. The van der Waals surface area contributed by atoms with E-state index in [0.717, 1.165) is 6.07 Å². The SMILES string of the molecule is O=C1Nc2cccc(F)c2[C@@](C#CC2CC2)(C(F)(F)F)O1. The minimum absolute atomic E-state index is 0.159. The molecule has 1 N–H and O–H groups in total. The smallest absolute Gasteiger partial charge is 0.415 e. The van der Waals surface area contributed by atoms with Crippen molar-refractivity contribution in [1.82, 2.24) is 0 Å². The van der Waals surface area contributed by atoms with Crippen LogP contribution in [0, 0.1) is 23.6 Å². The minimum atomic E-state index is -5.05. The fourth-order valence-electron chi connectivity index (χ4n) is 2.10. The van der Waals surface area contributed by atoms with E-state index in [2.05, 4.69) is 16.0 Å². The van der Waals surface area contributed by atoms with E-state index in [0.29, 0.717) is 12.8 Å². The molecule has 1 aromatic carbocycles. The highest BCUT2D eigenvalue weighted by Crippen LogP contribution is 2.48. The van der Waals surface area contributed by atoms with Crippen molar-refractivity contribution in [3.8, 4) is 11.8 Å². The third-order valence-electron chi connectivity index (χ3n) is 3.28. The molecule has 3 nitrogen and oxygen atoms in total. The van der Waals surface area contributed by atoms with Crippen molar-refractivity contribution in [3.63, 3.8) is 0 Å². The standard InChI is InChI=1S/C14H9F4NO2/c15-9-2-1-3-10-11(9)13(14(16,17)18,21-12(20)19-10)7-6-8-4-5-8/h1-3,8H,4-5H2,(H,19,20)/t13-/m0/s1. The maximum atomic E-state index is 14.0. The van der Waals surface area contributed by atoms with E-state index in [9.17, 15) is 22.4 Å². The first-order chi connectivity index (χ1) is 9.83. The Morgan fingerprint density at radius 3 is 2.67 bits per heavy atom. The van der Waals surface area contributed by atoms with E-state index in [1.54, 1.807) is 0 Å². The Morgan fingerprint density at radius 1 is 1.33 bits per heavy atom. The van der Waals surface area contributed by atoms with E-state index in [1.165, 1.54) is 12.1 Å². The molecule has 1 aliphatic carbocycles. The van der Waals surface area contributed by atoms with Crippen LogP contribution in [0.25, 0.3) is 0 Å². The van der Waals surface area contributed by atoms with Gasteiger partial charge < -0.3 is 4.74 Å². The van der Waals surface area contributed by atoms with E-state index in [-0.39, 0.29) is 11.6 Å². The molecule has 0 saturated heterocycles. The topological polar surface area (TPSA) is 38.3 Å². The average molecular weight is 299 g/mol. The Kier molecular flexibility index (Phi) is 2.87. The molecule has 0 unspecified atom stereocenters. The first-order valence-corrected chi connectivity index (χ1v) is 6.22. The molecule has 7 heteroatoms. The molecule has 3 rings (SSSR count). The lowest BCUT2D eigenvalue weighted by Crippen LogP contribution is -2.50. The van der Waals surface area contributed by atoms with Crippen molar-refractivity contribution in [1.29, 1.82) is 0 Å².